The zero-order chi connectivity index (χ0) is 8.69. The maximum Gasteiger partial charge on any atom is 0.220 e. The number of thiol groups is 1. The Balaban J connectivity index is 3.30. The van der Waals surface area contributed by atoms with Crippen LogP contribution >= 0.6 is 12.6 Å². The summed E-state index contributed by atoms with van der Waals surface area (Å²) in [5, 5.41) is 2.27. The van der Waals surface area contributed by atoms with E-state index in [2.05, 4.69) is 17.9 Å². The molecule has 0 unspecified atom stereocenters. The molecule has 0 rings (SSSR count). The molecule has 5 heteroatoms. The lowest BCUT2D eigenvalue weighted by molar-refractivity contribution is -0.123. The van der Waals surface area contributed by atoms with Crippen LogP contribution < -0.4 is 11.1 Å². The van der Waals surface area contributed by atoms with E-state index in [4.69, 9.17) is 5.73 Å². The predicted molar refractivity (Wildman–Crippen MR) is 45.3 cm³/mol. The molecule has 0 aromatic rings. The number of hydrogen-bond donors (Lipinski definition) is 3. The number of rotatable bonds is 5. The van der Waals surface area contributed by atoms with E-state index in [0.717, 1.165) is 0 Å². The summed E-state index contributed by atoms with van der Waals surface area (Å²) in [5.41, 5.74) is 5.14. The van der Waals surface area contributed by atoms with Gasteiger partial charge in [0.2, 0.25) is 5.91 Å². The van der Waals surface area contributed by atoms with Crippen LogP contribution in [-0.2, 0) is 9.59 Å². The normalized spacial score (nSPS) is 9.27. The Morgan fingerprint density at radius 3 is 2.45 bits per heavy atom. The highest BCUT2D eigenvalue weighted by atomic mass is 32.1. The number of carbonyl (C=O) groups is 2. The lowest BCUT2D eigenvalue weighted by Crippen LogP contribution is -2.28. The summed E-state index contributed by atoms with van der Waals surface area (Å²) in [6, 6.07) is 0. The monoisotopic (exact) mass is 176 g/mol. The molecule has 0 aromatic carbocycles. The van der Waals surface area contributed by atoms with E-state index in [0.29, 0.717) is 13.1 Å². The van der Waals surface area contributed by atoms with Crippen molar-refractivity contribution in [2.45, 2.75) is 12.8 Å². The van der Waals surface area contributed by atoms with Crippen molar-refractivity contribution >= 4 is 23.7 Å². The molecular formula is C6H12N2O2S. The van der Waals surface area contributed by atoms with E-state index in [-0.39, 0.29) is 23.9 Å². The summed E-state index contributed by atoms with van der Waals surface area (Å²) in [7, 11) is 0. The van der Waals surface area contributed by atoms with Crippen LogP contribution in [-0.4, -0.2) is 24.1 Å². The minimum absolute atomic E-state index is 0.155. The first kappa shape index (κ1) is 10.4. The number of hydrogen-bond acceptors (Lipinski definition) is 3. The fraction of sp³-hybridized carbons (Fsp3) is 0.667. The number of nitrogens with one attached hydrogen (secondary N) is 1. The molecule has 0 saturated heterocycles. The van der Waals surface area contributed by atoms with Crippen molar-refractivity contribution in [2.75, 3.05) is 13.1 Å². The Hall–Kier alpha value is -0.550. The second-order valence-corrected chi connectivity index (χ2v) is 2.53. The summed E-state index contributed by atoms with van der Waals surface area (Å²) in [5.74, 6) is -0.155. The van der Waals surface area contributed by atoms with Crippen molar-refractivity contribution in [3.63, 3.8) is 0 Å². The smallest absolute Gasteiger partial charge is 0.220 e. The Labute approximate surface area is 70.9 Å². The minimum atomic E-state index is -0.270. The summed E-state index contributed by atoms with van der Waals surface area (Å²) in [6.07, 6.45) is 0.377. The first-order chi connectivity index (χ1) is 5.16. The lowest BCUT2D eigenvalue weighted by Gasteiger charge is -2.00. The van der Waals surface area contributed by atoms with E-state index in [1.165, 1.54) is 0 Å². The van der Waals surface area contributed by atoms with E-state index in [1.807, 2.05) is 0 Å². The summed E-state index contributed by atoms with van der Waals surface area (Å²) in [6.45, 7) is 0.875. The molecule has 0 aliphatic carbocycles. The fourth-order valence-corrected chi connectivity index (χ4v) is 0.632. The highest BCUT2D eigenvalue weighted by Gasteiger charge is 2.01. The fourth-order valence-electron chi connectivity index (χ4n) is 0.520. The second kappa shape index (κ2) is 6.18. The van der Waals surface area contributed by atoms with E-state index < -0.39 is 0 Å². The van der Waals surface area contributed by atoms with Gasteiger partial charge in [-0.05, 0) is 0 Å². The third-order valence-electron chi connectivity index (χ3n) is 1.03. The van der Waals surface area contributed by atoms with Gasteiger partial charge in [-0.25, -0.2) is 0 Å². The molecule has 0 atom stereocenters. The van der Waals surface area contributed by atoms with Gasteiger partial charge in [0.25, 0.3) is 0 Å². The van der Waals surface area contributed by atoms with Gasteiger partial charge >= 0.3 is 0 Å². The van der Waals surface area contributed by atoms with Crippen LogP contribution in [0.2, 0.25) is 0 Å². The molecule has 0 aliphatic rings. The van der Waals surface area contributed by atoms with Gasteiger partial charge in [-0.2, -0.15) is 0 Å². The van der Waals surface area contributed by atoms with Crippen molar-refractivity contribution in [3.8, 4) is 0 Å². The van der Waals surface area contributed by atoms with Gasteiger partial charge < -0.3 is 11.1 Å². The van der Waals surface area contributed by atoms with Crippen LogP contribution in [0.3, 0.4) is 0 Å². The van der Waals surface area contributed by atoms with Crippen LogP contribution in [0.15, 0.2) is 0 Å². The van der Waals surface area contributed by atoms with E-state index in [1.54, 1.807) is 0 Å². The molecule has 0 fully saturated rings. The van der Waals surface area contributed by atoms with Gasteiger partial charge in [0.15, 0.2) is 5.12 Å². The summed E-state index contributed by atoms with van der Waals surface area (Å²) in [4.78, 5) is 21.0. The Morgan fingerprint density at radius 2 is 2.00 bits per heavy atom. The Morgan fingerprint density at radius 1 is 1.36 bits per heavy atom. The zero-order valence-electron chi connectivity index (χ0n) is 6.17. The highest BCUT2D eigenvalue weighted by Crippen LogP contribution is 1.92. The first-order valence-corrected chi connectivity index (χ1v) is 3.80. The Bertz CT molecular complexity index is 150. The van der Waals surface area contributed by atoms with Crippen molar-refractivity contribution in [3.05, 3.63) is 0 Å². The molecule has 0 aliphatic heterocycles. The Kier molecular flexibility index (Phi) is 5.87. The van der Waals surface area contributed by atoms with E-state index in [9.17, 15) is 9.59 Å². The van der Waals surface area contributed by atoms with Crippen LogP contribution in [0.4, 0.5) is 0 Å². The second-order valence-electron chi connectivity index (χ2n) is 2.03. The van der Waals surface area contributed by atoms with Crippen molar-refractivity contribution in [1.82, 2.24) is 5.32 Å². The number of nitrogens with two attached hydrogens (primary N) is 1. The van der Waals surface area contributed by atoms with Crippen LogP contribution in [0.1, 0.15) is 12.8 Å². The SMILES string of the molecule is NCCNC(=O)CCC(=O)S. The molecule has 0 bridgehead atoms. The number of carbonyl (C=O) groups excluding carboxylic acids is 2. The maximum atomic E-state index is 10.8. The van der Waals surface area contributed by atoms with Gasteiger partial charge in [-0.15, -0.1) is 12.6 Å². The molecule has 0 spiro atoms. The molecule has 0 radical (unpaired) electrons. The molecule has 4 nitrogen and oxygen atoms in total. The maximum absolute atomic E-state index is 10.8. The van der Waals surface area contributed by atoms with Crippen molar-refractivity contribution in [2.24, 2.45) is 5.73 Å². The average Bonchev–Trinajstić information content (AvgIpc) is 1.97. The molecule has 0 saturated carbocycles. The molecule has 11 heavy (non-hydrogen) atoms. The van der Waals surface area contributed by atoms with Gasteiger partial charge in [-0.3, -0.25) is 9.59 Å². The first-order valence-electron chi connectivity index (χ1n) is 3.35. The molecule has 1 amide bonds. The van der Waals surface area contributed by atoms with Gasteiger partial charge in [0.05, 0.1) is 0 Å². The van der Waals surface area contributed by atoms with Gasteiger partial charge in [-0.1, -0.05) is 0 Å². The standard InChI is InChI=1S/C6H12N2O2S/c7-3-4-8-5(9)1-2-6(10)11/h1-4,7H2,(H,8,9)(H,10,11). The molecular weight excluding hydrogens is 164 g/mol. The molecule has 0 heterocycles. The topological polar surface area (TPSA) is 72.2 Å². The minimum Gasteiger partial charge on any atom is -0.355 e. The molecule has 64 valence electrons. The average molecular weight is 176 g/mol. The zero-order valence-corrected chi connectivity index (χ0v) is 7.06. The van der Waals surface area contributed by atoms with E-state index >= 15 is 0 Å². The molecule has 3 N–H and O–H groups in total. The van der Waals surface area contributed by atoms with Gasteiger partial charge in [0, 0.05) is 25.9 Å². The highest BCUT2D eigenvalue weighted by molar-refractivity contribution is 7.96. The van der Waals surface area contributed by atoms with Gasteiger partial charge in [0.1, 0.15) is 0 Å². The van der Waals surface area contributed by atoms with Crippen LogP contribution in [0, 0.1) is 0 Å². The predicted octanol–water partition coefficient (Wildman–Crippen LogP) is -0.702. The lowest BCUT2D eigenvalue weighted by atomic mass is 10.3. The quantitative estimate of drug-likeness (QED) is 0.485. The third-order valence-corrected chi connectivity index (χ3v) is 1.26. The van der Waals surface area contributed by atoms with Crippen LogP contribution in [0.5, 0.6) is 0 Å². The van der Waals surface area contributed by atoms with Crippen molar-refractivity contribution in [1.29, 1.82) is 0 Å². The third kappa shape index (κ3) is 7.35. The van der Waals surface area contributed by atoms with Crippen molar-refractivity contribution < 1.29 is 9.59 Å². The van der Waals surface area contributed by atoms with Crippen LogP contribution in [0.25, 0.3) is 0 Å². The number of amides is 1. The largest absolute Gasteiger partial charge is 0.355 e. The molecule has 0 aromatic heterocycles. The summed E-state index contributed by atoms with van der Waals surface area (Å²) >= 11 is 3.52. The summed E-state index contributed by atoms with van der Waals surface area (Å²) < 4.78 is 0.